The second-order valence-corrected chi connectivity index (χ2v) is 13.2. The molecule has 0 aromatic heterocycles. The number of carbonyl (C=O) groups excluding carboxylic acids is 1. The van der Waals surface area contributed by atoms with Crippen LogP contribution < -0.4 is 30.4 Å². The first-order valence-corrected chi connectivity index (χ1v) is 15.4. The Hall–Kier alpha value is -4.39. The molecule has 4 aliphatic rings. The summed E-state index contributed by atoms with van der Waals surface area (Å²) in [6, 6.07) is 27.1. The van der Waals surface area contributed by atoms with Crippen molar-refractivity contribution < 1.29 is 9.90 Å². The van der Waals surface area contributed by atoms with Crippen LogP contribution in [0.15, 0.2) is 106 Å². The van der Waals surface area contributed by atoms with Crippen LogP contribution in [0, 0.1) is 0 Å². The molecule has 7 rings (SSSR count). The van der Waals surface area contributed by atoms with Crippen molar-refractivity contribution in [1.82, 2.24) is 4.58 Å². The SMILES string of the molecule is CN(C)c1ccc2c(c1)Sc1ccc/c(=C/C3=C([O-])C(=C/c4cccc5sc6cc(=[N+](C)C)ccc-6cc45)/C3=O)c1=C2. The first-order chi connectivity index (χ1) is 20.3. The fourth-order valence-corrected chi connectivity index (χ4v) is 7.62. The van der Waals surface area contributed by atoms with Crippen LogP contribution >= 0.6 is 23.1 Å². The molecule has 0 saturated carbocycles. The van der Waals surface area contributed by atoms with E-state index in [0.717, 1.165) is 53.2 Å². The molecule has 3 aromatic carbocycles. The van der Waals surface area contributed by atoms with E-state index in [-0.39, 0.29) is 22.7 Å². The quantitative estimate of drug-likeness (QED) is 0.175. The lowest BCUT2D eigenvalue weighted by molar-refractivity contribution is -0.300. The second kappa shape index (κ2) is 10.2. The normalized spacial score (nSPS) is 15.5. The maximum atomic E-state index is 13.3. The summed E-state index contributed by atoms with van der Waals surface area (Å²) in [5, 5.41) is 17.4. The van der Waals surface area contributed by atoms with E-state index in [2.05, 4.69) is 70.1 Å². The molecular formula is C36H28N2O2S2. The first kappa shape index (κ1) is 26.5. The highest BCUT2D eigenvalue weighted by atomic mass is 32.2. The molecule has 0 amide bonds. The van der Waals surface area contributed by atoms with Crippen LogP contribution in [-0.4, -0.2) is 34.0 Å². The molecule has 0 radical (unpaired) electrons. The van der Waals surface area contributed by atoms with Crippen molar-refractivity contribution in [2.75, 3.05) is 33.1 Å². The Labute approximate surface area is 252 Å². The summed E-state index contributed by atoms with van der Waals surface area (Å²) in [6.45, 7) is 0. The molecule has 2 heterocycles. The third kappa shape index (κ3) is 4.48. The Morgan fingerprint density at radius 1 is 0.881 bits per heavy atom. The standard InChI is InChI=1S/C36H28N2O2S2/c1-37(2)25-13-11-23-17-27-21(7-5-9-31(27)41-33(23)19-25)15-29-35(39)30(36(29)40)16-22-8-6-10-32-28(22)18-24-12-14-26(38(3)4)20-34(24)42-32/h5-20H,1-4H3. The molecule has 0 spiro atoms. The minimum absolute atomic E-state index is 0.200. The molecule has 0 N–H and O–H groups in total. The van der Waals surface area contributed by atoms with Gasteiger partial charge in [-0.3, -0.25) is 4.79 Å². The molecule has 0 unspecified atom stereocenters. The summed E-state index contributed by atoms with van der Waals surface area (Å²) in [5.74, 6) is -0.400. The number of carbonyl (C=O) groups is 1. The Balaban J connectivity index is 1.29. The van der Waals surface area contributed by atoms with E-state index in [9.17, 15) is 9.90 Å². The number of hydrogen-bond acceptors (Lipinski definition) is 5. The van der Waals surface area contributed by atoms with Crippen molar-refractivity contribution in [2.24, 2.45) is 0 Å². The fourth-order valence-electron chi connectivity index (χ4n) is 5.43. The van der Waals surface area contributed by atoms with Gasteiger partial charge >= 0.3 is 0 Å². The van der Waals surface area contributed by atoms with Crippen LogP contribution in [0.3, 0.4) is 0 Å². The second-order valence-electron chi connectivity index (χ2n) is 11.0. The van der Waals surface area contributed by atoms with Gasteiger partial charge in [-0.15, -0.1) is 11.3 Å². The lowest BCUT2D eigenvalue weighted by atomic mass is 9.85. The van der Waals surface area contributed by atoms with E-state index in [0.29, 0.717) is 0 Å². The summed E-state index contributed by atoms with van der Waals surface area (Å²) < 4.78 is 3.21. The number of hydrogen-bond donors (Lipinski definition) is 0. The predicted molar refractivity (Wildman–Crippen MR) is 174 cm³/mol. The van der Waals surface area contributed by atoms with Gasteiger partial charge in [0.25, 0.3) is 0 Å². The van der Waals surface area contributed by atoms with Gasteiger partial charge in [-0.2, -0.15) is 0 Å². The highest BCUT2D eigenvalue weighted by molar-refractivity contribution is 7.99. The minimum Gasteiger partial charge on any atom is -0.871 e. The fraction of sp³-hybridized carbons (Fsp3) is 0.111. The maximum absolute atomic E-state index is 13.3. The zero-order chi connectivity index (χ0) is 29.1. The molecule has 0 saturated heterocycles. The number of benzene rings is 4. The van der Waals surface area contributed by atoms with Gasteiger partial charge in [0, 0.05) is 62.4 Å². The highest BCUT2D eigenvalue weighted by Gasteiger charge is 2.26. The topological polar surface area (TPSA) is 46.4 Å². The van der Waals surface area contributed by atoms with E-state index < -0.39 is 0 Å². The number of nitrogens with zero attached hydrogens (tertiary/aromatic N) is 2. The molecule has 3 aromatic rings. The number of rotatable bonds is 3. The van der Waals surface area contributed by atoms with Gasteiger partial charge in [-0.1, -0.05) is 47.9 Å². The number of allylic oxidation sites excluding steroid dienone is 2. The summed E-state index contributed by atoms with van der Waals surface area (Å²) in [7, 11) is 8.15. The van der Waals surface area contributed by atoms with Crippen LogP contribution in [0.2, 0.25) is 0 Å². The Bertz CT molecular complexity index is 2200. The molecule has 0 fully saturated rings. The van der Waals surface area contributed by atoms with Gasteiger partial charge in [0.1, 0.15) is 14.1 Å². The van der Waals surface area contributed by atoms with E-state index in [1.54, 1.807) is 35.3 Å². The van der Waals surface area contributed by atoms with Crippen LogP contribution in [0.5, 0.6) is 0 Å². The van der Waals surface area contributed by atoms with E-state index >= 15 is 0 Å². The molecule has 6 heteroatoms. The van der Waals surface area contributed by atoms with E-state index in [1.807, 2.05) is 52.5 Å². The van der Waals surface area contributed by atoms with Crippen molar-refractivity contribution in [3.63, 3.8) is 0 Å². The van der Waals surface area contributed by atoms with Crippen LogP contribution in [0.1, 0.15) is 11.1 Å². The molecular weight excluding hydrogens is 557 g/mol. The van der Waals surface area contributed by atoms with Gasteiger partial charge in [0.15, 0.2) is 5.78 Å². The number of Topliss-reactive ketones (excluding diaryl/α,β-unsaturated/α-hetero) is 1. The van der Waals surface area contributed by atoms with Crippen molar-refractivity contribution in [3.05, 3.63) is 123 Å². The van der Waals surface area contributed by atoms with Crippen molar-refractivity contribution >= 4 is 62.9 Å². The summed E-state index contributed by atoms with van der Waals surface area (Å²) >= 11 is 3.44. The predicted octanol–water partition coefficient (Wildman–Crippen LogP) is 4.46. The van der Waals surface area contributed by atoms with Crippen molar-refractivity contribution in [2.45, 2.75) is 9.79 Å². The largest absolute Gasteiger partial charge is 0.871 e. The number of fused-ring (bicyclic) bond motifs is 4. The average molecular weight is 585 g/mol. The molecule has 42 heavy (non-hydrogen) atoms. The zero-order valence-corrected chi connectivity index (χ0v) is 25.4. The van der Waals surface area contributed by atoms with Crippen LogP contribution in [-0.2, 0) is 4.79 Å². The van der Waals surface area contributed by atoms with Crippen LogP contribution in [0.4, 0.5) is 5.69 Å². The minimum atomic E-state index is -0.200. The summed E-state index contributed by atoms with van der Waals surface area (Å²) in [4.78, 5) is 18.9. The van der Waals surface area contributed by atoms with Crippen LogP contribution in [0.25, 0.3) is 38.8 Å². The maximum Gasteiger partial charge on any atom is 0.200 e. The Morgan fingerprint density at radius 3 is 2.50 bits per heavy atom. The number of anilines is 1. The first-order valence-electron chi connectivity index (χ1n) is 13.7. The van der Waals surface area contributed by atoms with Gasteiger partial charge in [0.05, 0.1) is 0 Å². The smallest absolute Gasteiger partial charge is 0.200 e. The van der Waals surface area contributed by atoms with Gasteiger partial charge < -0.3 is 10.0 Å². The lowest BCUT2D eigenvalue weighted by Crippen LogP contribution is -2.33. The molecule has 0 atom stereocenters. The van der Waals surface area contributed by atoms with Crippen molar-refractivity contribution in [1.29, 1.82) is 0 Å². The third-order valence-electron chi connectivity index (χ3n) is 7.84. The Kier molecular flexibility index (Phi) is 6.41. The molecule has 2 aliphatic heterocycles. The lowest BCUT2D eigenvalue weighted by Gasteiger charge is -2.29. The summed E-state index contributed by atoms with van der Waals surface area (Å²) in [6.07, 6.45) is 5.68. The molecule has 4 nitrogen and oxygen atoms in total. The monoisotopic (exact) mass is 584 g/mol. The average Bonchev–Trinajstić information content (AvgIpc) is 2.99. The van der Waals surface area contributed by atoms with Crippen molar-refractivity contribution in [3.8, 4) is 10.4 Å². The number of ketones is 1. The molecule has 206 valence electrons. The van der Waals surface area contributed by atoms with Gasteiger partial charge in [0.2, 0.25) is 5.36 Å². The van der Waals surface area contributed by atoms with E-state index in [1.165, 1.54) is 9.77 Å². The van der Waals surface area contributed by atoms with E-state index in [4.69, 9.17) is 0 Å². The molecule has 0 bridgehead atoms. The third-order valence-corrected chi connectivity index (χ3v) is 10.1. The zero-order valence-electron chi connectivity index (χ0n) is 23.8. The molecule has 2 aliphatic carbocycles. The Morgan fingerprint density at radius 2 is 1.71 bits per heavy atom. The van der Waals surface area contributed by atoms with Gasteiger partial charge in [-0.05, 0) is 87.1 Å². The summed E-state index contributed by atoms with van der Waals surface area (Å²) in [5.41, 5.74) is 4.79. The highest BCUT2D eigenvalue weighted by Crippen LogP contribution is 2.37. The van der Waals surface area contributed by atoms with Gasteiger partial charge in [-0.25, -0.2) is 4.58 Å².